The van der Waals surface area contributed by atoms with E-state index in [1.165, 1.54) is 11.8 Å². The van der Waals surface area contributed by atoms with Crippen LogP contribution >= 0.6 is 23.4 Å². The van der Waals surface area contributed by atoms with E-state index in [1.807, 2.05) is 30.3 Å². The Morgan fingerprint density at radius 3 is 2.53 bits per heavy atom. The Kier molecular flexibility index (Phi) is 6.15. The molecular weight excluding hydrogens is 424 g/mol. The number of fused-ring (bicyclic) bond motifs is 1. The summed E-state index contributed by atoms with van der Waals surface area (Å²) in [5, 5.41) is 6.15. The number of anilines is 2. The smallest absolute Gasteiger partial charge is 0.251 e. The monoisotopic (exact) mass is 444 g/mol. The summed E-state index contributed by atoms with van der Waals surface area (Å²) in [7, 11) is 0. The fourth-order valence-electron chi connectivity index (χ4n) is 3.46. The van der Waals surface area contributed by atoms with Gasteiger partial charge in [0.1, 0.15) is 0 Å². The van der Waals surface area contributed by atoms with Crippen LogP contribution in [0, 0.1) is 0 Å². The molecule has 1 saturated heterocycles. The van der Waals surface area contributed by atoms with Gasteiger partial charge < -0.3 is 20.4 Å². The lowest BCUT2D eigenvalue weighted by Crippen LogP contribution is -2.51. The Morgan fingerprint density at radius 1 is 1.07 bits per heavy atom. The average Bonchev–Trinajstić information content (AvgIpc) is 2.77. The van der Waals surface area contributed by atoms with Gasteiger partial charge in [-0.25, -0.2) is 0 Å². The van der Waals surface area contributed by atoms with Gasteiger partial charge in [-0.3, -0.25) is 14.4 Å². The second-order valence-electron chi connectivity index (χ2n) is 7.07. The minimum absolute atomic E-state index is 0.0576. The van der Waals surface area contributed by atoms with Crippen molar-refractivity contribution in [3.63, 3.8) is 0 Å². The van der Waals surface area contributed by atoms with E-state index in [1.54, 1.807) is 17.0 Å². The quantitative estimate of drug-likeness (QED) is 0.757. The molecule has 2 aliphatic heterocycles. The zero-order valence-electron chi connectivity index (χ0n) is 16.2. The number of amides is 3. The number of rotatable bonds is 4. The summed E-state index contributed by atoms with van der Waals surface area (Å²) in [5.74, 6) is -0.159. The molecule has 2 heterocycles. The number of piperazine rings is 1. The second-order valence-corrected chi connectivity index (χ2v) is 8.53. The van der Waals surface area contributed by atoms with Gasteiger partial charge in [0.05, 0.1) is 18.0 Å². The molecule has 30 heavy (non-hydrogen) atoms. The summed E-state index contributed by atoms with van der Waals surface area (Å²) < 4.78 is 0. The number of nitrogens with zero attached hydrogens (tertiary/aromatic N) is 2. The molecule has 3 amide bonds. The predicted octanol–water partition coefficient (Wildman–Crippen LogP) is 2.46. The molecular formula is C21H21ClN4O3S. The van der Waals surface area contributed by atoms with Crippen molar-refractivity contribution in [2.45, 2.75) is 4.90 Å². The van der Waals surface area contributed by atoms with Crippen LogP contribution in [0.1, 0.15) is 10.4 Å². The van der Waals surface area contributed by atoms with Crippen LogP contribution in [0.4, 0.5) is 11.4 Å². The summed E-state index contributed by atoms with van der Waals surface area (Å²) in [6, 6.07) is 12.8. The van der Waals surface area contributed by atoms with Crippen molar-refractivity contribution in [3.05, 3.63) is 53.1 Å². The molecule has 0 spiro atoms. The van der Waals surface area contributed by atoms with Crippen LogP contribution in [0.25, 0.3) is 0 Å². The highest BCUT2D eigenvalue weighted by Crippen LogP contribution is 2.31. The van der Waals surface area contributed by atoms with Gasteiger partial charge in [0.25, 0.3) is 5.91 Å². The van der Waals surface area contributed by atoms with E-state index in [-0.39, 0.29) is 24.3 Å². The van der Waals surface area contributed by atoms with Crippen LogP contribution in [-0.4, -0.2) is 61.1 Å². The van der Waals surface area contributed by atoms with Crippen LogP contribution in [0.15, 0.2) is 47.4 Å². The molecule has 0 atom stereocenters. The molecule has 2 aliphatic rings. The predicted molar refractivity (Wildman–Crippen MR) is 118 cm³/mol. The molecule has 0 saturated carbocycles. The summed E-state index contributed by atoms with van der Waals surface area (Å²) >= 11 is 7.37. The van der Waals surface area contributed by atoms with Gasteiger partial charge in [-0.1, -0.05) is 11.6 Å². The van der Waals surface area contributed by atoms with Crippen molar-refractivity contribution >= 4 is 52.5 Å². The molecule has 0 aliphatic carbocycles. The molecule has 2 aromatic rings. The topological polar surface area (TPSA) is 81.8 Å². The zero-order chi connectivity index (χ0) is 21.1. The number of benzene rings is 2. The third-order valence-corrected chi connectivity index (χ3v) is 6.42. The number of halogens is 1. The molecule has 0 bridgehead atoms. The average molecular weight is 445 g/mol. The van der Waals surface area contributed by atoms with Gasteiger partial charge >= 0.3 is 0 Å². The summed E-state index contributed by atoms with van der Waals surface area (Å²) in [6.07, 6.45) is 0. The van der Waals surface area contributed by atoms with Crippen LogP contribution in [0.5, 0.6) is 0 Å². The van der Waals surface area contributed by atoms with E-state index in [4.69, 9.17) is 11.6 Å². The summed E-state index contributed by atoms with van der Waals surface area (Å²) in [6.45, 7) is 2.59. The van der Waals surface area contributed by atoms with E-state index in [9.17, 15) is 14.4 Å². The van der Waals surface area contributed by atoms with Crippen molar-refractivity contribution in [2.75, 3.05) is 48.7 Å². The Hall–Kier alpha value is -2.71. The van der Waals surface area contributed by atoms with Crippen molar-refractivity contribution in [2.24, 2.45) is 0 Å². The lowest BCUT2D eigenvalue weighted by atomic mass is 10.2. The maximum absolute atomic E-state index is 12.5. The van der Waals surface area contributed by atoms with E-state index in [0.29, 0.717) is 35.1 Å². The highest BCUT2D eigenvalue weighted by molar-refractivity contribution is 8.00. The lowest BCUT2D eigenvalue weighted by Gasteiger charge is -2.36. The molecule has 9 heteroatoms. The first kappa shape index (κ1) is 20.6. The van der Waals surface area contributed by atoms with Crippen LogP contribution in [0.2, 0.25) is 5.02 Å². The third kappa shape index (κ3) is 4.71. The zero-order valence-corrected chi connectivity index (χ0v) is 17.8. The molecule has 156 valence electrons. The number of nitrogens with one attached hydrogen (secondary N) is 2. The van der Waals surface area contributed by atoms with E-state index in [0.717, 1.165) is 23.7 Å². The molecule has 0 unspecified atom stereocenters. The first-order valence-electron chi connectivity index (χ1n) is 9.63. The third-order valence-electron chi connectivity index (χ3n) is 5.10. The van der Waals surface area contributed by atoms with Crippen molar-refractivity contribution in [1.82, 2.24) is 10.2 Å². The minimum atomic E-state index is -0.337. The molecule has 0 radical (unpaired) electrons. The Labute approximate surface area is 183 Å². The highest BCUT2D eigenvalue weighted by Gasteiger charge is 2.22. The van der Waals surface area contributed by atoms with Gasteiger partial charge in [-0.15, -0.1) is 11.8 Å². The maximum atomic E-state index is 12.5. The Balaban J connectivity index is 1.28. The van der Waals surface area contributed by atoms with E-state index in [2.05, 4.69) is 15.5 Å². The van der Waals surface area contributed by atoms with Gasteiger partial charge in [-0.2, -0.15) is 0 Å². The number of thioether (sulfide) groups is 1. The molecule has 2 N–H and O–H groups in total. The van der Waals surface area contributed by atoms with E-state index >= 15 is 0 Å². The Bertz CT molecular complexity index is 975. The number of hydrogen-bond donors (Lipinski definition) is 2. The second kappa shape index (κ2) is 8.97. The lowest BCUT2D eigenvalue weighted by molar-refractivity contribution is -0.130. The molecule has 4 rings (SSSR count). The normalized spacial score (nSPS) is 16.0. The van der Waals surface area contributed by atoms with Crippen molar-refractivity contribution in [3.8, 4) is 0 Å². The van der Waals surface area contributed by atoms with Crippen molar-refractivity contribution in [1.29, 1.82) is 0 Å². The molecule has 2 aromatic carbocycles. The van der Waals surface area contributed by atoms with Crippen LogP contribution in [-0.2, 0) is 9.59 Å². The maximum Gasteiger partial charge on any atom is 0.251 e. The Morgan fingerprint density at radius 2 is 1.80 bits per heavy atom. The summed E-state index contributed by atoms with van der Waals surface area (Å²) in [5.41, 5.74) is 2.13. The summed E-state index contributed by atoms with van der Waals surface area (Å²) in [4.78, 5) is 41.4. The van der Waals surface area contributed by atoms with Gasteiger partial charge in [0.2, 0.25) is 11.8 Å². The SMILES string of the molecule is O=C1CSc2ccc(C(=O)NCC(=O)N3CCN(c4ccc(Cl)cc4)CC3)cc2N1. The van der Waals surface area contributed by atoms with Gasteiger partial charge in [-0.05, 0) is 42.5 Å². The van der Waals surface area contributed by atoms with E-state index < -0.39 is 0 Å². The minimum Gasteiger partial charge on any atom is -0.368 e. The highest BCUT2D eigenvalue weighted by atomic mass is 35.5. The number of carbonyl (C=O) groups is 3. The fourth-order valence-corrected chi connectivity index (χ4v) is 4.37. The largest absolute Gasteiger partial charge is 0.368 e. The fraction of sp³-hybridized carbons (Fsp3) is 0.286. The van der Waals surface area contributed by atoms with Gasteiger partial charge in [0.15, 0.2) is 0 Å². The molecule has 1 fully saturated rings. The number of hydrogen-bond acceptors (Lipinski definition) is 5. The first-order valence-corrected chi connectivity index (χ1v) is 11.0. The van der Waals surface area contributed by atoms with Crippen molar-refractivity contribution < 1.29 is 14.4 Å². The van der Waals surface area contributed by atoms with Gasteiger partial charge in [0, 0.05) is 47.3 Å². The number of carbonyl (C=O) groups excluding carboxylic acids is 3. The molecule has 0 aromatic heterocycles. The standard InChI is InChI=1S/C21H21ClN4O3S/c22-15-2-4-16(5-3-15)25-7-9-26(10-8-25)20(28)12-23-21(29)14-1-6-18-17(11-14)24-19(27)13-30-18/h1-6,11H,7-10,12-13H2,(H,23,29)(H,24,27). The van der Waals surface area contributed by atoms with Crippen LogP contribution in [0.3, 0.4) is 0 Å². The van der Waals surface area contributed by atoms with Crippen LogP contribution < -0.4 is 15.5 Å². The first-order chi connectivity index (χ1) is 14.5. The molecule has 7 nitrogen and oxygen atoms in total.